The van der Waals surface area contributed by atoms with Crippen molar-refractivity contribution in [1.82, 2.24) is 4.98 Å². The summed E-state index contributed by atoms with van der Waals surface area (Å²) in [5.74, 6) is -0.297. The van der Waals surface area contributed by atoms with E-state index in [2.05, 4.69) is 22.2 Å². The quantitative estimate of drug-likeness (QED) is 0.810. The Morgan fingerprint density at radius 1 is 1.29 bits per heavy atom. The zero-order valence-corrected chi connectivity index (χ0v) is 12.6. The molecule has 0 bridgehead atoms. The summed E-state index contributed by atoms with van der Waals surface area (Å²) in [6.07, 6.45) is 4.84. The Bertz CT molecular complexity index is 674. The lowest BCUT2D eigenvalue weighted by atomic mass is 10.2. The first-order valence-corrected chi connectivity index (χ1v) is 6.92. The molecule has 2 N–H and O–H groups in total. The number of nitrogens with one attached hydrogen (secondary N) is 2. The monoisotopic (exact) mass is 321 g/mol. The van der Waals surface area contributed by atoms with Crippen molar-refractivity contribution < 1.29 is 4.79 Å². The van der Waals surface area contributed by atoms with E-state index in [1.807, 2.05) is 0 Å². The van der Waals surface area contributed by atoms with Gasteiger partial charge in [0, 0.05) is 24.0 Å². The van der Waals surface area contributed by atoms with E-state index in [0.717, 1.165) is 5.69 Å². The highest BCUT2D eigenvalue weighted by molar-refractivity contribution is 6.36. The van der Waals surface area contributed by atoms with Gasteiger partial charge in [-0.05, 0) is 24.3 Å². The molecule has 1 amide bonds. The van der Waals surface area contributed by atoms with Crippen molar-refractivity contribution in [3.8, 4) is 0 Å². The third-order valence-corrected chi connectivity index (χ3v) is 3.18. The van der Waals surface area contributed by atoms with Crippen LogP contribution >= 0.6 is 23.2 Å². The van der Waals surface area contributed by atoms with Crippen LogP contribution in [0.15, 0.2) is 49.3 Å². The summed E-state index contributed by atoms with van der Waals surface area (Å²) in [4.78, 5) is 16.2. The van der Waals surface area contributed by atoms with Crippen LogP contribution in [0.25, 0.3) is 0 Å². The molecule has 1 aromatic heterocycles. The van der Waals surface area contributed by atoms with Gasteiger partial charge in [0.2, 0.25) is 0 Å². The van der Waals surface area contributed by atoms with Crippen LogP contribution in [0.1, 0.15) is 10.4 Å². The van der Waals surface area contributed by atoms with Crippen molar-refractivity contribution in [3.63, 3.8) is 0 Å². The van der Waals surface area contributed by atoms with Crippen molar-refractivity contribution in [2.24, 2.45) is 0 Å². The molecule has 0 unspecified atom stereocenters. The van der Waals surface area contributed by atoms with Crippen molar-refractivity contribution in [1.29, 1.82) is 0 Å². The summed E-state index contributed by atoms with van der Waals surface area (Å²) in [5.41, 5.74) is 1.66. The highest BCUT2D eigenvalue weighted by Gasteiger charge is 2.10. The van der Waals surface area contributed by atoms with Crippen molar-refractivity contribution in [2.45, 2.75) is 0 Å². The van der Waals surface area contributed by atoms with E-state index in [4.69, 9.17) is 23.2 Å². The van der Waals surface area contributed by atoms with Gasteiger partial charge < -0.3 is 10.6 Å². The summed E-state index contributed by atoms with van der Waals surface area (Å²) < 4.78 is 0. The molecule has 0 aliphatic rings. The molecule has 0 saturated heterocycles. The number of halogens is 2. The third kappa shape index (κ3) is 4.21. The minimum Gasteiger partial charge on any atom is -0.380 e. The van der Waals surface area contributed by atoms with Crippen molar-refractivity contribution in [2.75, 3.05) is 17.2 Å². The molecule has 0 aliphatic heterocycles. The van der Waals surface area contributed by atoms with Crippen LogP contribution in [0.3, 0.4) is 0 Å². The zero-order valence-electron chi connectivity index (χ0n) is 11.1. The van der Waals surface area contributed by atoms with Gasteiger partial charge in [-0.25, -0.2) is 0 Å². The average Bonchev–Trinajstić information content (AvgIpc) is 2.48. The standard InChI is InChI=1S/C15H13Cl2N3O/c1-2-5-19-12-6-10(8-18-9-12)15(21)20-14-4-3-11(16)7-13(14)17/h2-4,6-9,19H,1,5H2,(H,20,21). The second-order valence-corrected chi connectivity index (χ2v) is 5.05. The Morgan fingerprint density at radius 3 is 2.81 bits per heavy atom. The summed E-state index contributed by atoms with van der Waals surface area (Å²) >= 11 is 11.8. The van der Waals surface area contributed by atoms with E-state index in [1.54, 1.807) is 36.5 Å². The number of nitrogens with zero attached hydrogens (tertiary/aromatic N) is 1. The smallest absolute Gasteiger partial charge is 0.257 e. The Morgan fingerprint density at radius 2 is 2.10 bits per heavy atom. The van der Waals surface area contributed by atoms with Gasteiger partial charge in [-0.2, -0.15) is 0 Å². The number of benzene rings is 1. The molecule has 1 aromatic carbocycles. The number of rotatable bonds is 5. The Kier molecular flexibility index (Phi) is 5.20. The van der Waals surface area contributed by atoms with E-state index in [-0.39, 0.29) is 5.91 Å². The topological polar surface area (TPSA) is 54.0 Å². The number of hydrogen-bond acceptors (Lipinski definition) is 3. The van der Waals surface area contributed by atoms with Crippen LogP contribution in [0.4, 0.5) is 11.4 Å². The summed E-state index contributed by atoms with van der Waals surface area (Å²) in [6.45, 7) is 4.21. The maximum Gasteiger partial charge on any atom is 0.257 e. The largest absolute Gasteiger partial charge is 0.380 e. The van der Waals surface area contributed by atoms with E-state index >= 15 is 0 Å². The number of pyridine rings is 1. The lowest BCUT2D eigenvalue weighted by molar-refractivity contribution is 0.102. The van der Waals surface area contributed by atoms with Crippen molar-refractivity contribution in [3.05, 3.63) is 64.9 Å². The fourth-order valence-electron chi connectivity index (χ4n) is 1.64. The van der Waals surface area contributed by atoms with Gasteiger partial charge >= 0.3 is 0 Å². The molecular formula is C15H13Cl2N3O. The first-order chi connectivity index (χ1) is 10.1. The van der Waals surface area contributed by atoms with Gasteiger partial charge in [0.25, 0.3) is 5.91 Å². The zero-order chi connectivity index (χ0) is 15.2. The molecule has 4 nitrogen and oxygen atoms in total. The highest BCUT2D eigenvalue weighted by atomic mass is 35.5. The average molecular weight is 322 g/mol. The fourth-order valence-corrected chi connectivity index (χ4v) is 2.09. The van der Waals surface area contributed by atoms with Crippen LogP contribution in [-0.2, 0) is 0 Å². The van der Waals surface area contributed by atoms with E-state index in [1.165, 1.54) is 6.20 Å². The number of carbonyl (C=O) groups excluding carboxylic acids is 1. The van der Waals surface area contributed by atoms with E-state index in [9.17, 15) is 4.79 Å². The van der Waals surface area contributed by atoms with Crippen LogP contribution < -0.4 is 10.6 Å². The Hall–Kier alpha value is -2.04. The van der Waals surface area contributed by atoms with Gasteiger partial charge in [-0.1, -0.05) is 29.3 Å². The van der Waals surface area contributed by atoms with Gasteiger partial charge in [0.1, 0.15) is 0 Å². The third-order valence-electron chi connectivity index (χ3n) is 2.63. The number of anilines is 2. The number of hydrogen-bond donors (Lipinski definition) is 2. The minimum absolute atomic E-state index is 0.297. The number of aromatic nitrogens is 1. The minimum atomic E-state index is -0.297. The van der Waals surface area contributed by atoms with Gasteiger partial charge in [-0.15, -0.1) is 6.58 Å². The second kappa shape index (κ2) is 7.11. The molecule has 21 heavy (non-hydrogen) atoms. The first kappa shape index (κ1) is 15.4. The normalized spacial score (nSPS) is 10.0. The van der Waals surface area contributed by atoms with Gasteiger partial charge in [0.05, 0.1) is 22.0 Å². The maximum absolute atomic E-state index is 12.2. The predicted octanol–water partition coefficient (Wildman–Crippen LogP) is 4.24. The molecule has 6 heteroatoms. The van der Waals surface area contributed by atoms with Crippen LogP contribution in [0, 0.1) is 0 Å². The molecule has 1 heterocycles. The highest BCUT2D eigenvalue weighted by Crippen LogP contribution is 2.25. The predicted molar refractivity (Wildman–Crippen MR) is 87.3 cm³/mol. The Labute approximate surface area is 132 Å². The Balaban J connectivity index is 2.14. The maximum atomic E-state index is 12.2. The van der Waals surface area contributed by atoms with Crippen LogP contribution in [-0.4, -0.2) is 17.4 Å². The van der Waals surface area contributed by atoms with Crippen LogP contribution in [0.2, 0.25) is 10.0 Å². The molecular weight excluding hydrogens is 309 g/mol. The molecule has 108 valence electrons. The van der Waals surface area contributed by atoms with Crippen molar-refractivity contribution >= 4 is 40.5 Å². The number of amides is 1. The summed E-state index contributed by atoms with van der Waals surface area (Å²) in [7, 11) is 0. The van der Waals surface area contributed by atoms with Gasteiger partial charge in [0.15, 0.2) is 0 Å². The summed E-state index contributed by atoms with van der Waals surface area (Å²) in [6, 6.07) is 6.58. The lowest BCUT2D eigenvalue weighted by Crippen LogP contribution is -2.13. The molecule has 2 rings (SSSR count). The molecule has 0 atom stereocenters. The molecule has 2 aromatic rings. The molecule has 0 aliphatic carbocycles. The molecule has 0 fully saturated rings. The first-order valence-electron chi connectivity index (χ1n) is 6.16. The number of carbonyl (C=O) groups is 1. The SMILES string of the molecule is C=CCNc1cncc(C(=O)Nc2ccc(Cl)cc2Cl)c1. The fraction of sp³-hybridized carbons (Fsp3) is 0.0667. The summed E-state index contributed by atoms with van der Waals surface area (Å²) in [5, 5.41) is 6.68. The molecule has 0 radical (unpaired) electrons. The molecule has 0 saturated carbocycles. The van der Waals surface area contributed by atoms with Gasteiger partial charge in [-0.3, -0.25) is 9.78 Å². The lowest BCUT2D eigenvalue weighted by Gasteiger charge is -2.09. The molecule has 0 spiro atoms. The van der Waals surface area contributed by atoms with E-state index in [0.29, 0.717) is 27.8 Å². The van der Waals surface area contributed by atoms with E-state index < -0.39 is 0 Å². The second-order valence-electron chi connectivity index (χ2n) is 4.21. The van der Waals surface area contributed by atoms with Crippen LogP contribution in [0.5, 0.6) is 0 Å².